The van der Waals surface area contributed by atoms with Crippen LogP contribution >= 0.6 is 34.5 Å². The molecule has 1 aromatic heterocycles. The van der Waals surface area contributed by atoms with Gasteiger partial charge in [0.05, 0.1) is 4.34 Å². The maximum Gasteiger partial charge on any atom is 0.102 e. The van der Waals surface area contributed by atoms with Gasteiger partial charge in [-0.15, -0.1) is 11.3 Å². The molecule has 1 radical (unpaired) electrons. The van der Waals surface area contributed by atoms with Gasteiger partial charge in [0.1, 0.15) is 4.34 Å². The van der Waals surface area contributed by atoms with Crippen molar-refractivity contribution in [1.29, 1.82) is 0 Å². The molecule has 0 atom stereocenters. The fraction of sp³-hybridized carbons (Fsp3) is 0.167. The van der Waals surface area contributed by atoms with E-state index in [9.17, 15) is 0 Å². The van der Waals surface area contributed by atoms with Crippen LogP contribution in [0.25, 0.3) is 11.1 Å². The predicted molar refractivity (Wildman–Crippen MR) is 68.1 cm³/mol. The van der Waals surface area contributed by atoms with Gasteiger partial charge in [0, 0.05) is 5.56 Å². The van der Waals surface area contributed by atoms with Crippen LogP contribution < -0.4 is 0 Å². The Balaban J connectivity index is 2.62. The maximum atomic E-state index is 6.13. The molecule has 1 heterocycles. The minimum absolute atomic E-state index is 0.722. The van der Waals surface area contributed by atoms with Crippen LogP contribution in [-0.2, 0) is 0 Å². The average Bonchev–Trinajstić information content (AvgIpc) is 2.50. The van der Waals surface area contributed by atoms with Crippen LogP contribution in [0.15, 0.2) is 18.2 Å². The molecule has 3 heteroatoms. The zero-order chi connectivity index (χ0) is 11.0. The second-order valence-electron chi connectivity index (χ2n) is 3.45. The highest BCUT2D eigenvalue weighted by Crippen LogP contribution is 2.39. The van der Waals surface area contributed by atoms with Crippen LogP contribution in [0.3, 0.4) is 0 Å². The Morgan fingerprint density at radius 1 is 1.13 bits per heavy atom. The van der Waals surface area contributed by atoms with Crippen molar-refractivity contribution in [3.05, 3.63) is 44.1 Å². The van der Waals surface area contributed by atoms with Crippen molar-refractivity contribution in [2.45, 2.75) is 13.8 Å². The van der Waals surface area contributed by atoms with Gasteiger partial charge < -0.3 is 0 Å². The van der Waals surface area contributed by atoms with E-state index in [4.69, 9.17) is 23.2 Å². The highest BCUT2D eigenvalue weighted by Gasteiger charge is 2.10. The second-order valence-corrected chi connectivity index (χ2v) is 5.74. The van der Waals surface area contributed by atoms with Crippen LogP contribution in [0.1, 0.15) is 11.1 Å². The van der Waals surface area contributed by atoms with Gasteiger partial charge in [0.2, 0.25) is 0 Å². The summed E-state index contributed by atoms with van der Waals surface area (Å²) in [5.74, 6) is 0. The lowest BCUT2D eigenvalue weighted by atomic mass is 10.0. The summed E-state index contributed by atoms with van der Waals surface area (Å²) < 4.78 is 1.47. The Kier molecular flexibility index (Phi) is 3.06. The highest BCUT2D eigenvalue weighted by atomic mass is 35.5. The molecule has 0 unspecified atom stereocenters. The molecule has 0 fully saturated rings. The smallest absolute Gasteiger partial charge is 0.102 e. The van der Waals surface area contributed by atoms with Gasteiger partial charge in [-0.2, -0.15) is 0 Å². The largest absolute Gasteiger partial charge is 0.111 e. The molecule has 0 bridgehead atoms. The topological polar surface area (TPSA) is 0 Å². The van der Waals surface area contributed by atoms with E-state index in [0.717, 1.165) is 30.9 Å². The number of hydrogen-bond acceptors (Lipinski definition) is 1. The summed E-state index contributed by atoms with van der Waals surface area (Å²) in [5.41, 5.74) is 4.42. The first kappa shape index (κ1) is 11.0. The second kappa shape index (κ2) is 4.17. The molecule has 0 saturated carbocycles. The quantitative estimate of drug-likeness (QED) is 0.662. The first-order valence-corrected chi connectivity index (χ1v) is 6.09. The van der Waals surface area contributed by atoms with Crippen molar-refractivity contribution < 1.29 is 0 Å². The van der Waals surface area contributed by atoms with Crippen molar-refractivity contribution in [2.75, 3.05) is 0 Å². The Morgan fingerprint density at radius 3 is 2.47 bits per heavy atom. The van der Waals surface area contributed by atoms with Crippen molar-refractivity contribution in [2.24, 2.45) is 0 Å². The predicted octanol–water partition coefficient (Wildman–Crippen LogP) is 5.14. The number of thiophene rings is 1. The minimum Gasteiger partial charge on any atom is -0.111 e. The number of aryl methyl sites for hydroxylation is 2. The first-order chi connectivity index (χ1) is 7.08. The summed E-state index contributed by atoms with van der Waals surface area (Å²) in [6.07, 6.45) is 0. The molecule has 0 spiro atoms. The van der Waals surface area contributed by atoms with Gasteiger partial charge in [-0.1, -0.05) is 35.3 Å². The third kappa shape index (κ3) is 2.20. The third-order valence-electron chi connectivity index (χ3n) is 2.25. The minimum atomic E-state index is 0.722. The molecule has 0 aliphatic rings. The zero-order valence-electron chi connectivity index (χ0n) is 8.40. The van der Waals surface area contributed by atoms with E-state index in [1.807, 2.05) is 26.0 Å². The van der Waals surface area contributed by atoms with Crippen molar-refractivity contribution in [3.8, 4) is 11.1 Å². The molecule has 2 rings (SSSR count). The number of benzene rings is 1. The Labute approximate surface area is 103 Å². The summed E-state index contributed by atoms with van der Waals surface area (Å²) in [7, 11) is 0. The summed E-state index contributed by atoms with van der Waals surface area (Å²) in [6.45, 7) is 4.07. The summed E-state index contributed by atoms with van der Waals surface area (Å²) in [5, 5.41) is 0. The van der Waals surface area contributed by atoms with E-state index in [1.165, 1.54) is 11.3 Å². The van der Waals surface area contributed by atoms with Gasteiger partial charge in [0.25, 0.3) is 0 Å². The van der Waals surface area contributed by atoms with Gasteiger partial charge in [0.15, 0.2) is 0 Å². The Hall–Kier alpha value is -0.500. The number of rotatable bonds is 1. The lowest BCUT2D eigenvalue weighted by Gasteiger charge is -2.05. The summed E-state index contributed by atoms with van der Waals surface area (Å²) in [4.78, 5) is 0. The molecule has 15 heavy (non-hydrogen) atoms. The molecular weight excluding hydrogens is 247 g/mol. The van der Waals surface area contributed by atoms with Crippen LogP contribution in [0.4, 0.5) is 0 Å². The van der Waals surface area contributed by atoms with E-state index >= 15 is 0 Å². The standard InChI is InChI=1S/C12H9Cl2S/c1-7-3-4-8(2)9(5-7)10-6-11(13)15-12(10)14/h4-6H,1-2H3. The maximum absolute atomic E-state index is 6.13. The zero-order valence-corrected chi connectivity index (χ0v) is 10.7. The van der Waals surface area contributed by atoms with Gasteiger partial charge >= 0.3 is 0 Å². The van der Waals surface area contributed by atoms with E-state index < -0.39 is 0 Å². The molecule has 0 aliphatic carbocycles. The van der Waals surface area contributed by atoms with E-state index in [0.29, 0.717) is 0 Å². The molecule has 2 aromatic rings. The number of hydrogen-bond donors (Lipinski definition) is 0. The third-order valence-corrected chi connectivity index (χ3v) is 3.74. The van der Waals surface area contributed by atoms with E-state index in [1.54, 1.807) is 0 Å². The average molecular weight is 256 g/mol. The molecular formula is C12H9Cl2S. The fourth-order valence-electron chi connectivity index (χ4n) is 1.49. The van der Waals surface area contributed by atoms with Crippen molar-refractivity contribution >= 4 is 34.5 Å². The lowest BCUT2D eigenvalue weighted by Crippen LogP contribution is -1.83. The normalized spacial score (nSPS) is 10.7. The van der Waals surface area contributed by atoms with Crippen molar-refractivity contribution in [1.82, 2.24) is 0 Å². The van der Waals surface area contributed by atoms with Gasteiger partial charge in [-0.05, 0) is 42.7 Å². The van der Waals surface area contributed by atoms with Crippen LogP contribution in [0.2, 0.25) is 8.67 Å². The first-order valence-electron chi connectivity index (χ1n) is 4.52. The fourth-order valence-corrected chi connectivity index (χ4v) is 2.98. The van der Waals surface area contributed by atoms with Crippen LogP contribution in [0, 0.1) is 19.9 Å². The van der Waals surface area contributed by atoms with Gasteiger partial charge in [-0.25, -0.2) is 0 Å². The SMILES string of the molecule is Cc1[c]cc(C)c(-c2cc(Cl)sc2Cl)c1. The monoisotopic (exact) mass is 255 g/mol. The van der Waals surface area contributed by atoms with Crippen LogP contribution in [0.5, 0.6) is 0 Å². The molecule has 0 nitrogen and oxygen atoms in total. The summed E-state index contributed by atoms with van der Waals surface area (Å²) in [6, 6.07) is 9.14. The Morgan fingerprint density at radius 2 is 1.87 bits per heavy atom. The molecule has 0 N–H and O–H groups in total. The molecule has 0 amide bonds. The lowest BCUT2D eigenvalue weighted by molar-refractivity contribution is 1.39. The highest BCUT2D eigenvalue weighted by molar-refractivity contribution is 7.20. The van der Waals surface area contributed by atoms with Crippen LogP contribution in [-0.4, -0.2) is 0 Å². The molecule has 77 valence electrons. The van der Waals surface area contributed by atoms with E-state index in [-0.39, 0.29) is 0 Å². The molecule has 0 aliphatic heterocycles. The molecule has 0 saturated heterocycles. The van der Waals surface area contributed by atoms with Crippen molar-refractivity contribution in [3.63, 3.8) is 0 Å². The van der Waals surface area contributed by atoms with E-state index in [2.05, 4.69) is 12.1 Å². The van der Waals surface area contributed by atoms with Gasteiger partial charge in [-0.3, -0.25) is 0 Å². The summed E-state index contributed by atoms with van der Waals surface area (Å²) >= 11 is 13.5. The Bertz CT molecular complexity index is 500. The molecule has 1 aromatic carbocycles. The number of halogens is 2.